The molecule has 0 bridgehead atoms. The molecule has 102 valence electrons. The molecule has 0 amide bonds. The predicted molar refractivity (Wildman–Crippen MR) is 78.1 cm³/mol. The fourth-order valence-corrected chi connectivity index (χ4v) is 3.63. The van der Waals surface area contributed by atoms with Crippen LogP contribution in [0.1, 0.15) is 24.6 Å². The summed E-state index contributed by atoms with van der Waals surface area (Å²) in [5, 5.41) is 3.59. The number of rotatable bonds is 7. The molecule has 1 N–H and O–H groups in total. The molecule has 5 heteroatoms. The summed E-state index contributed by atoms with van der Waals surface area (Å²) in [6.45, 7) is 4.70. The van der Waals surface area contributed by atoms with E-state index in [1.165, 1.54) is 8.66 Å². The predicted octanol–water partition coefficient (Wildman–Crippen LogP) is 3.18. The van der Waals surface area contributed by atoms with Crippen molar-refractivity contribution in [1.82, 2.24) is 5.32 Å². The van der Waals surface area contributed by atoms with E-state index in [1.54, 1.807) is 11.3 Å². The van der Waals surface area contributed by atoms with E-state index in [4.69, 9.17) is 9.47 Å². The molecule has 18 heavy (non-hydrogen) atoms. The monoisotopic (exact) mass is 333 g/mol. The highest BCUT2D eigenvalue weighted by atomic mass is 79.9. The van der Waals surface area contributed by atoms with Gasteiger partial charge in [0.15, 0.2) is 6.29 Å². The Kier molecular flexibility index (Phi) is 6.11. The third-order valence-corrected chi connectivity index (χ3v) is 4.57. The molecule has 1 fully saturated rings. The van der Waals surface area contributed by atoms with Crippen molar-refractivity contribution in [2.24, 2.45) is 0 Å². The van der Waals surface area contributed by atoms with E-state index in [0.717, 1.165) is 39.0 Å². The van der Waals surface area contributed by atoms with Crippen LogP contribution in [-0.2, 0) is 15.9 Å². The van der Waals surface area contributed by atoms with E-state index in [-0.39, 0.29) is 6.29 Å². The SMILES string of the molecule is CCCNC(Cc1ccc(Br)s1)CC1OCCO1. The van der Waals surface area contributed by atoms with Gasteiger partial charge in [0.1, 0.15) is 0 Å². The maximum atomic E-state index is 5.54. The highest BCUT2D eigenvalue weighted by Gasteiger charge is 2.21. The Hall–Kier alpha value is 0.0600. The van der Waals surface area contributed by atoms with Crippen molar-refractivity contribution in [1.29, 1.82) is 0 Å². The van der Waals surface area contributed by atoms with E-state index in [9.17, 15) is 0 Å². The Labute approximate surface area is 121 Å². The first-order chi connectivity index (χ1) is 8.78. The van der Waals surface area contributed by atoms with Gasteiger partial charge in [-0.1, -0.05) is 6.92 Å². The van der Waals surface area contributed by atoms with Gasteiger partial charge in [-0.15, -0.1) is 11.3 Å². The van der Waals surface area contributed by atoms with E-state index in [0.29, 0.717) is 6.04 Å². The molecule has 1 aliphatic rings. The van der Waals surface area contributed by atoms with Gasteiger partial charge < -0.3 is 14.8 Å². The first kappa shape index (κ1) is 14.5. The minimum atomic E-state index is -0.0252. The van der Waals surface area contributed by atoms with Gasteiger partial charge in [0, 0.05) is 17.3 Å². The van der Waals surface area contributed by atoms with Crippen LogP contribution in [0, 0.1) is 0 Å². The van der Waals surface area contributed by atoms with Crippen molar-refractivity contribution in [2.75, 3.05) is 19.8 Å². The van der Waals surface area contributed by atoms with Gasteiger partial charge >= 0.3 is 0 Å². The molecule has 1 aromatic rings. The maximum absolute atomic E-state index is 5.54. The lowest BCUT2D eigenvalue weighted by Crippen LogP contribution is -2.35. The van der Waals surface area contributed by atoms with Crippen molar-refractivity contribution in [3.05, 3.63) is 20.8 Å². The molecule has 1 unspecified atom stereocenters. The summed E-state index contributed by atoms with van der Waals surface area (Å²) >= 11 is 5.31. The zero-order valence-electron chi connectivity index (χ0n) is 10.7. The van der Waals surface area contributed by atoms with Crippen molar-refractivity contribution in [2.45, 2.75) is 38.5 Å². The Morgan fingerprint density at radius 3 is 2.83 bits per heavy atom. The summed E-state index contributed by atoms with van der Waals surface area (Å²) in [5.74, 6) is 0. The van der Waals surface area contributed by atoms with Crippen molar-refractivity contribution < 1.29 is 9.47 Å². The average Bonchev–Trinajstić information content (AvgIpc) is 2.98. The van der Waals surface area contributed by atoms with E-state index in [1.807, 2.05) is 0 Å². The van der Waals surface area contributed by atoms with Gasteiger partial charge in [-0.2, -0.15) is 0 Å². The quantitative estimate of drug-likeness (QED) is 0.831. The second-order valence-electron chi connectivity index (χ2n) is 4.47. The standard InChI is InChI=1S/C13H20BrNO2S/c1-2-5-15-10(9-13-16-6-7-17-13)8-11-3-4-12(14)18-11/h3-4,10,13,15H,2,5-9H2,1H3. The number of hydrogen-bond donors (Lipinski definition) is 1. The fraction of sp³-hybridized carbons (Fsp3) is 0.692. The van der Waals surface area contributed by atoms with Crippen LogP contribution in [0.25, 0.3) is 0 Å². The van der Waals surface area contributed by atoms with Crippen LogP contribution in [0.15, 0.2) is 15.9 Å². The summed E-state index contributed by atoms with van der Waals surface area (Å²) < 4.78 is 12.3. The Morgan fingerprint density at radius 1 is 1.44 bits per heavy atom. The first-order valence-electron chi connectivity index (χ1n) is 6.48. The van der Waals surface area contributed by atoms with Crippen molar-refractivity contribution in [3.63, 3.8) is 0 Å². The molecule has 3 nitrogen and oxygen atoms in total. The number of thiophene rings is 1. The third-order valence-electron chi connectivity index (χ3n) is 2.93. The van der Waals surface area contributed by atoms with Crippen LogP contribution in [0.5, 0.6) is 0 Å². The molecule has 2 rings (SSSR count). The Bertz CT molecular complexity index is 353. The van der Waals surface area contributed by atoms with Gasteiger partial charge in [-0.05, 0) is 47.4 Å². The summed E-state index contributed by atoms with van der Waals surface area (Å²) in [5.41, 5.74) is 0. The van der Waals surface area contributed by atoms with Crippen LogP contribution < -0.4 is 5.32 Å². The lowest BCUT2D eigenvalue weighted by Gasteiger charge is -2.20. The lowest BCUT2D eigenvalue weighted by molar-refractivity contribution is -0.0526. The summed E-state index contributed by atoms with van der Waals surface area (Å²) in [6.07, 6.45) is 3.09. The van der Waals surface area contributed by atoms with Gasteiger partial charge in [0.05, 0.1) is 17.0 Å². The van der Waals surface area contributed by atoms with Gasteiger partial charge in [-0.25, -0.2) is 0 Å². The molecule has 0 spiro atoms. The summed E-state index contributed by atoms with van der Waals surface area (Å²) in [7, 11) is 0. The number of nitrogens with one attached hydrogen (secondary N) is 1. The van der Waals surface area contributed by atoms with E-state index in [2.05, 4.69) is 40.3 Å². The zero-order valence-corrected chi connectivity index (χ0v) is 13.1. The molecule has 0 aromatic carbocycles. The molecule has 1 aromatic heterocycles. The Balaban J connectivity index is 1.86. The second kappa shape index (κ2) is 7.60. The lowest BCUT2D eigenvalue weighted by atomic mass is 10.1. The molecule has 1 saturated heterocycles. The molecule has 0 radical (unpaired) electrons. The topological polar surface area (TPSA) is 30.5 Å². The largest absolute Gasteiger partial charge is 0.350 e. The summed E-state index contributed by atoms with van der Waals surface area (Å²) in [4.78, 5) is 1.40. The average molecular weight is 334 g/mol. The molecular formula is C13H20BrNO2S. The van der Waals surface area contributed by atoms with E-state index >= 15 is 0 Å². The highest BCUT2D eigenvalue weighted by molar-refractivity contribution is 9.11. The van der Waals surface area contributed by atoms with Crippen LogP contribution >= 0.6 is 27.3 Å². The van der Waals surface area contributed by atoms with Crippen LogP contribution in [-0.4, -0.2) is 32.1 Å². The van der Waals surface area contributed by atoms with Gasteiger partial charge in [0.25, 0.3) is 0 Å². The molecule has 1 aliphatic heterocycles. The Morgan fingerprint density at radius 2 is 2.22 bits per heavy atom. The smallest absolute Gasteiger partial charge is 0.159 e. The van der Waals surface area contributed by atoms with Gasteiger partial charge in [0.2, 0.25) is 0 Å². The van der Waals surface area contributed by atoms with Crippen molar-refractivity contribution >= 4 is 27.3 Å². The van der Waals surface area contributed by atoms with Crippen LogP contribution in [0.3, 0.4) is 0 Å². The fourth-order valence-electron chi connectivity index (χ4n) is 2.07. The number of hydrogen-bond acceptors (Lipinski definition) is 4. The molecule has 0 aliphatic carbocycles. The number of ether oxygens (including phenoxy) is 2. The highest BCUT2D eigenvalue weighted by Crippen LogP contribution is 2.24. The molecule has 1 atom stereocenters. The van der Waals surface area contributed by atoms with Crippen molar-refractivity contribution in [3.8, 4) is 0 Å². The van der Waals surface area contributed by atoms with E-state index < -0.39 is 0 Å². The molecule has 2 heterocycles. The summed E-state index contributed by atoms with van der Waals surface area (Å²) in [6, 6.07) is 4.73. The normalized spacial score (nSPS) is 18.3. The van der Waals surface area contributed by atoms with Gasteiger partial charge in [-0.3, -0.25) is 0 Å². The molecule has 0 saturated carbocycles. The molecular weight excluding hydrogens is 314 g/mol. The second-order valence-corrected chi connectivity index (χ2v) is 7.02. The zero-order chi connectivity index (χ0) is 12.8. The van der Waals surface area contributed by atoms with Crippen LogP contribution in [0.2, 0.25) is 0 Å². The maximum Gasteiger partial charge on any atom is 0.159 e. The third kappa shape index (κ3) is 4.63. The van der Waals surface area contributed by atoms with Crippen LogP contribution in [0.4, 0.5) is 0 Å². The minimum Gasteiger partial charge on any atom is -0.350 e. The minimum absolute atomic E-state index is 0.0252. The first-order valence-corrected chi connectivity index (χ1v) is 8.09. The number of halogens is 1.